The van der Waals surface area contributed by atoms with E-state index in [1.807, 2.05) is 24.3 Å². The first-order valence-electron chi connectivity index (χ1n) is 7.76. The summed E-state index contributed by atoms with van der Waals surface area (Å²) in [4.78, 5) is 32.3. The Morgan fingerprint density at radius 3 is 2.65 bits per heavy atom. The van der Waals surface area contributed by atoms with Crippen molar-refractivity contribution in [2.24, 2.45) is 0 Å². The number of carbonyl (C=O) groups excluding carboxylic acids is 1. The maximum absolute atomic E-state index is 12.5. The second-order valence-corrected chi connectivity index (χ2v) is 5.59. The first-order valence-corrected chi connectivity index (χ1v) is 7.76. The minimum absolute atomic E-state index is 0.319. The lowest BCUT2D eigenvalue weighted by molar-refractivity contribution is -0.115. The second-order valence-electron chi connectivity index (χ2n) is 5.59. The number of pyridine rings is 1. The smallest absolute Gasteiger partial charge is 0.280 e. The van der Waals surface area contributed by atoms with Crippen LogP contribution in [0.4, 0.5) is 0 Å². The number of benzene rings is 1. The van der Waals surface area contributed by atoms with Gasteiger partial charge in [0.2, 0.25) is 5.91 Å². The van der Waals surface area contributed by atoms with Crippen molar-refractivity contribution < 1.29 is 9.53 Å². The summed E-state index contributed by atoms with van der Waals surface area (Å²) in [5.41, 5.74) is 3.39. The molecule has 9 nitrogen and oxygen atoms in total. The number of methoxy groups -OCH3 is 1. The molecule has 1 amide bonds. The van der Waals surface area contributed by atoms with Crippen molar-refractivity contribution >= 4 is 22.6 Å². The first-order chi connectivity index (χ1) is 12.6. The van der Waals surface area contributed by atoms with Gasteiger partial charge in [0.05, 0.1) is 18.0 Å². The number of amides is 1. The summed E-state index contributed by atoms with van der Waals surface area (Å²) >= 11 is 0. The van der Waals surface area contributed by atoms with E-state index in [0.717, 1.165) is 16.0 Å². The molecule has 0 saturated heterocycles. The van der Waals surface area contributed by atoms with Crippen LogP contribution >= 0.6 is 0 Å². The minimum atomic E-state index is -0.395. The van der Waals surface area contributed by atoms with Crippen LogP contribution < -0.4 is 15.7 Å². The zero-order valence-electron chi connectivity index (χ0n) is 14.0. The van der Waals surface area contributed by atoms with Gasteiger partial charge in [0, 0.05) is 24.9 Å². The quantitative estimate of drug-likeness (QED) is 0.595. The van der Waals surface area contributed by atoms with Crippen molar-refractivity contribution in [3.05, 3.63) is 53.1 Å². The highest BCUT2D eigenvalue weighted by atomic mass is 16.5. The lowest BCUT2D eigenvalue weighted by Crippen LogP contribution is -2.31. The summed E-state index contributed by atoms with van der Waals surface area (Å²) in [7, 11) is 1.60. The highest BCUT2D eigenvalue weighted by molar-refractivity contribution is 5.83. The van der Waals surface area contributed by atoms with Crippen LogP contribution in [-0.4, -0.2) is 37.3 Å². The van der Waals surface area contributed by atoms with Crippen molar-refractivity contribution in [2.45, 2.75) is 6.92 Å². The van der Waals surface area contributed by atoms with Crippen LogP contribution in [0.25, 0.3) is 28.1 Å². The maximum atomic E-state index is 12.5. The monoisotopic (exact) mass is 350 g/mol. The molecule has 0 spiro atoms. The number of hydrogen-bond acceptors (Lipinski definition) is 6. The Bertz CT molecular complexity index is 1190. The van der Waals surface area contributed by atoms with Crippen molar-refractivity contribution in [1.82, 2.24) is 24.3 Å². The van der Waals surface area contributed by atoms with Crippen molar-refractivity contribution in [3.63, 3.8) is 0 Å². The Kier molecular flexibility index (Phi) is 3.61. The van der Waals surface area contributed by atoms with E-state index < -0.39 is 5.56 Å². The fourth-order valence-corrected chi connectivity index (χ4v) is 2.64. The van der Waals surface area contributed by atoms with Gasteiger partial charge in [-0.05, 0) is 30.3 Å². The fourth-order valence-electron chi connectivity index (χ4n) is 2.64. The lowest BCUT2D eigenvalue weighted by Gasteiger charge is -2.07. The third-order valence-electron chi connectivity index (χ3n) is 3.86. The van der Waals surface area contributed by atoms with E-state index in [4.69, 9.17) is 4.74 Å². The molecular weight excluding hydrogens is 336 g/mol. The average molecular weight is 350 g/mol. The van der Waals surface area contributed by atoms with Crippen molar-refractivity contribution in [2.75, 3.05) is 12.5 Å². The zero-order valence-corrected chi connectivity index (χ0v) is 14.0. The standard InChI is InChI=1S/C17H14N6O3/c1-10(24)20-22-8-7-14-13(16(22)25)9-18-17-19-15(21-23(14)17)11-3-5-12(26-2)6-4-11/h3-9H,1-2H3,(H,20,24). The number of carbonyl (C=O) groups is 1. The van der Waals surface area contributed by atoms with E-state index in [0.29, 0.717) is 22.5 Å². The highest BCUT2D eigenvalue weighted by Crippen LogP contribution is 2.20. The fraction of sp³-hybridized carbons (Fsp3) is 0.118. The van der Waals surface area contributed by atoms with Crippen molar-refractivity contribution in [1.29, 1.82) is 0 Å². The van der Waals surface area contributed by atoms with E-state index in [1.54, 1.807) is 13.2 Å². The van der Waals surface area contributed by atoms with E-state index in [1.165, 1.54) is 23.8 Å². The summed E-state index contributed by atoms with van der Waals surface area (Å²) in [6.07, 6.45) is 2.90. The lowest BCUT2D eigenvalue weighted by atomic mass is 10.2. The molecule has 0 saturated carbocycles. The van der Waals surface area contributed by atoms with Gasteiger partial charge in [0.15, 0.2) is 5.82 Å². The number of nitrogens with zero attached hydrogens (tertiary/aromatic N) is 5. The molecule has 0 unspecified atom stereocenters. The molecule has 0 aliphatic heterocycles. The molecule has 0 atom stereocenters. The van der Waals surface area contributed by atoms with Gasteiger partial charge in [-0.1, -0.05) is 0 Å². The number of hydrogen-bond donors (Lipinski definition) is 1. The van der Waals surface area contributed by atoms with Gasteiger partial charge in [-0.25, -0.2) is 9.66 Å². The molecule has 3 aromatic heterocycles. The minimum Gasteiger partial charge on any atom is -0.497 e. The molecule has 4 rings (SSSR count). The highest BCUT2D eigenvalue weighted by Gasteiger charge is 2.13. The summed E-state index contributed by atoms with van der Waals surface area (Å²) in [6, 6.07) is 9.00. The van der Waals surface area contributed by atoms with E-state index in [9.17, 15) is 9.59 Å². The SMILES string of the molecule is COc1ccc(-c2nc3ncc4c(=O)n(NC(C)=O)ccc4n3n2)cc1. The second kappa shape index (κ2) is 5.96. The van der Waals surface area contributed by atoms with Crippen molar-refractivity contribution in [3.8, 4) is 17.1 Å². The van der Waals surface area contributed by atoms with Crippen LogP contribution in [0.3, 0.4) is 0 Å². The Hall–Kier alpha value is -3.75. The van der Waals surface area contributed by atoms with Crippen LogP contribution in [0.5, 0.6) is 5.75 Å². The molecule has 26 heavy (non-hydrogen) atoms. The molecule has 0 radical (unpaired) electrons. The molecule has 3 heterocycles. The number of aromatic nitrogens is 5. The molecule has 0 aliphatic rings. The molecule has 0 fully saturated rings. The van der Waals surface area contributed by atoms with Crippen LogP contribution in [0.1, 0.15) is 6.92 Å². The Balaban J connectivity index is 1.87. The average Bonchev–Trinajstić information content (AvgIpc) is 3.08. The molecule has 1 N–H and O–H groups in total. The molecule has 0 aliphatic carbocycles. The Morgan fingerprint density at radius 1 is 1.19 bits per heavy atom. The van der Waals surface area contributed by atoms with E-state index >= 15 is 0 Å². The first kappa shape index (κ1) is 15.8. The largest absolute Gasteiger partial charge is 0.497 e. The Morgan fingerprint density at radius 2 is 1.96 bits per heavy atom. The van der Waals surface area contributed by atoms with Crippen LogP contribution in [0.2, 0.25) is 0 Å². The van der Waals surface area contributed by atoms with Crippen LogP contribution in [0, 0.1) is 0 Å². The normalized spacial score (nSPS) is 11.0. The zero-order chi connectivity index (χ0) is 18.3. The molecule has 9 heteroatoms. The van der Waals surface area contributed by atoms with Gasteiger partial charge < -0.3 is 4.74 Å². The number of rotatable bonds is 3. The molecule has 4 aromatic rings. The van der Waals surface area contributed by atoms with E-state index in [-0.39, 0.29) is 5.91 Å². The molecule has 130 valence electrons. The van der Waals surface area contributed by atoms with Gasteiger partial charge >= 0.3 is 0 Å². The van der Waals surface area contributed by atoms with Gasteiger partial charge in [-0.3, -0.25) is 15.0 Å². The summed E-state index contributed by atoms with van der Waals surface area (Å²) < 4.78 is 7.77. The summed E-state index contributed by atoms with van der Waals surface area (Å²) in [5.74, 6) is 1.25. The molecule has 0 bridgehead atoms. The van der Waals surface area contributed by atoms with Gasteiger partial charge in [0.1, 0.15) is 5.75 Å². The predicted molar refractivity (Wildman–Crippen MR) is 94.6 cm³/mol. The van der Waals surface area contributed by atoms with Crippen LogP contribution in [0.15, 0.2) is 47.5 Å². The number of nitrogens with one attached hydrogen (secondary N) is 1. The van der Waals surface area contributed by atoms with Gasteiger partial charge in [0.25, 0.3) is 11.3 Å². The Labute approximate surface area is 146 Å². The molecule has 1 aromatic carbocycles. The third-order valence-corrected chi connectivity index (χ3v) is 3.86. The van der Waals surface area contributed by atoms with Gasteiger partial charge in [-0.15, -0.1) is 5.10 Å². The van der Waals surface area contributed by atoms with Gasteiger partial charge in [-0.2, -0.15) is 9.50 Å². The number of fused-ring (bicyclic) bond motifs is 3. The maximum Gasteiger partial charge on any atom is 0.280 e. The summed E-state index contributed by atoms with van der Waals surface area (Å²) in [5, 5.41) is 4.78. The predicted octanol–water partition coefficient (Wildman–Crippen LogP) is 1.20. The molecular formula is C17H14N6O3. The van der Waals surface area contributed by atoms with Crippen LogP contribution in [-0.2, 0) is 4.79 Å². The third kappa shape index (κ3) is 2.55. The van der Waals surface area contributed by atoms with E-state index in [2.05, 4.69) is 20.5 Å². The summed E-state index contributed by atoms with van der Waals surface area (Å²) in [6.45, 7) is 1.33. The topological polar surface area (TPSA) is 103 Å². The number of ether oxygens (including phenoxy) is 1.